The van der Waals surface area contributed by atoms with Gasteiger partial charge >= 0.3 is 0 Å². The largest absolute Gasteiger partial charge is 0.465 e. The van der Waals surface area contributed by atoms with Crippen molar-refractivity contribution in [3.05, 3.63) is 35.8 Å². The van der Waals surface area contributed by atoms with Crippen molar-refractivity contribution in [2.45, 2.75) is 4.87 Å². The summed E-state index contributed by atoms with van der Waals surface area (Å²) >= 11 is 1.39. The van der Waals surface area contributed by atoms with Crippen LogP contribution in [0.5, 0.6) is 0 Å². The van der Waals surface area contributed by atoms with E-state index >= 15 is 0 Å². The molecule has 0 saturated heterocycles. The van der Waals surface area contributed by atoms with Crippen LogP contribution in [0, 0.1) is 0 Å². The van der Waals surface area contributed by atoms with Gasteiger partial charge in [-0.25, -0.2) is 0 Å². The van der Waals surface area contributed by atoms with Crippen molar-refractivity contribution in [2.24, 2.45) is 0 Å². The maximum Gasteiger partial charge on any atom is 0.202 e. The van der Waals surface area contributed by atoms with Gasteiger partial charge in [-0.3, -0.25) is 4.79 Å². The first-order chi connectivity index (χ1) is 5.87. The van der Waals surface area contributed by atoms with Crippen molar-refractivity contribution in [3.8, 4) is 0 Å². The molecule has 62 valence electrons. The second-order valence-electron chi connectivity index (χ2n) is 2.40. The smallest absolute Gasteiger partial charge is 0.202 e. The second kappa shape index (κ2) is 2.71. The summed E-state index contributed by atoms with van der Waals surface area (Å²) in [5, 5.41) is 4.77. The van der Waals surface area contributed by atoms with Gasteiger partial charge in [0.15, 0.2) is 6.29 Å². The van der Waals surface area contributed by atoms with E-state index < -0.39 is 4.87 Å². The zero-order chi connectivity index (χ0) is 8.44. The minimum absolute atomic E-state index is 0.632. The first-order valence-electron chi connectivity index (χ1n) is 3.48. The van der Waals surface area contributed by atoms with Crippen molar-refractivity contribution in [2.75, 3.05) is 0 Å². The number of rotatable bonds is 2. The summed E-state index contributed by atoms with van der Waals surface area (Å²) < 4.78 is 5.16. The van der Waals surface area contributed by atoms with E-state index in [1.165, 1.54) is 11.8 Å². The van der Waals surface area contributed by atoms with Crippen LogP contribution < -0.4 is 5.32 Å². The number of hydrogen-bond acceptors (Lipinski definition) is 4. The Balaban J connectivity index is 2.36. The Labute approximate surface area is 73.8 Å². The van der Waals surface area contributed by atoms with Crippen molar-refractivity contribution in [1.82, 2.24) is 5.32 Å². The summed E-state index contributed by atoms with van der Waals surface area (Å²) in [4.78, 5) is 10.1. The Bertz CT molecular complexity index is 297. The monoisotopic (exact) mass is 181 g/mol. The Morgan fingerprint density at radius 1 is 1.67 bits per heavy atom. The highest BCUT2D eigenvalue weighted by molar-refractivity contribution is 8.03. The fourth-order valence-electron chi connectivity index (χ4n) is 1.07. The van der Waals surface area contributed by atoms with Crippen LogP contribution in [0.3, 0.4) is 0 Å². The first-order valence-corrected chi connectivity index (χ1v) is 4.36. The number of aldehydes is 1. The Morgan fingerprint density at radius 2 is 2.58 bits per heavy atom. The fourth-order valence-corrected chi connectivity index (χ4v) is 1.85. The summed E-state index contributed by atoms with van der Waals surface area (Å²) in [5.74, 6) is 0.632. The average molecular weight is 181 g/mol. The zero-order valence-electron chi connectivity index (χ0n) is 6.19. The number of carbonyl (C=O) groups is 1. The van der Waals surface area contributed by atoms with Crippen molar-refractivity contribution in [3.63, 3.8) is 0 Å². The molecule has 1 aromatic rings. The van der Waals surface area contributed by atoms with Gasteiger partial charge in [0, 0.05) is 6.20 Å². The van der Waals surface area contributed by atoms with E-state index in [0.29, 0.717) is 5.76 Å². The second-order valence-corrected chi connectivity index (χ2v) is 3.55. The molecule has 0 aliphatic carbocycles. The lowest BCUT2D eigenvalue weighted by atomic mass is 10.2. The molecule has 1 atom stereocenters. The third-order valence-corrected chi connectivity index (χ3v) is 2.73. The number of nitrogens with one attached hydrogen (secondary N) is 1. The lowest BCUT2D eigenvalue weighted by Crippen LogP contribution is -2.33. The minimum atomic E-state index is -0.733. The highest BCUT2D eigenvalue weighted by atomic mass is 32.2. The van der Waals surface area contributed by atoms with Crippen LogP contribution in [0.2, 0.25) is 0 Å². The molecule has 1 aromatic heterocycles. The summed E-state index contributed by atoms with van der Waals surface area (Å²) in [6.07, 6.45) is 4.14. The first kappa shape index (κ1) is 7.49. The van der Waals surface area contributed by atoms with Crippen LogP contribution in [0.1, 0.15) is 5.76 Å². The molecule has 1 unspecified atom stereocenters. The van der Waals surface area contributed by atoms with Gasteiger partial charge in [0.05, 0.1) is 6.26 Å². The summed E-state index contributed by atoms with van der Waals surface area (Å²) in [7, 11) is 0. The van der Waals surface area contributed by atoms with Gasteiger partial charge in [-0.2, -0.15) is 0 Å². The fraction of sp³-hybridized carbons (Fsp3) is 0.125. The molecule has 4 heteroatoms. The van der Waals surface area contributed by atoms with Crippen molar-refractivity contribution < 1.29 is 9.21 Å². The molecular weight excluding hydrogens is 174 g/mol. The van der Waals surface area contributed by atoms with E-state index in [1.807, 2.05) is 5.41 Å². The van der Waals surface area contributed by atoms with E-state index in [-0.39, 0.29) is 0 Å². The predicted octanol–water partition coefficient (Wildman–Crippen LogP) is 1.44. The van der Waals surface area contributed by atoms with Crippen LogP contribution in [0.15, 0.2) is 34.4 Å². The van der Waals surface area contributed by atoms with Crippen molar-refractivity contribution in [1.29, 1.82) is 0 Å². The number of thioether (sulfide) groups is 1. The molecule has 2 rings (SSSR count). The number of hydrogen-bond donors (Lipinski definition) is 1. The molecule has 0 amide bonds. The van der Waals surface area contributed by atoms with Gasteiger partial charge in [0.2, 0.25) is 4.87 Å². The quantitative estimate of drug-likeness (QED) is 0.701. The Kier molecular flexibility index (Phi) is 1.69. The highest BCUT2D eigenvalue weighted by Crippen LogP contribution is 2.36. The molecule has 12 heavy (non-hydrogen) atoms. The molecule has 0 fully saturated rings. The van der Waals surface area contributed by atoms with Crippen molar-refractivity contribution >= 4 is 18.0 Å². The molecule has 0 radical (unpaired) electrons. The van der Waals surface area contributed by atoms with Gasteiger partial charge in [0.1, 0.15) is 5.76 Å². The molecule has 0 aromatic carbocycles. The Hall–Kier alpha value is -1.16. The normalized spacial score (nSPS) is 27.0. The molecule has 3 nitrogen and oxygen atoms in total. The molecule has 2 heterocycles. The van der Waals surface area contributed by atoms with Gasteiger partial charge in [0.25, 0.3) is 0 Å². The maximum atomic E-state index is 10.8. The van der Waals surface area contributed by atoms with Gasteiger partial charge in [-0.1, -0.05) is 11.8 Å². The minimum Gasteiger partial charge on any atom is -0.465 e. The molecule has 0 bridgehead atoms. The lowest BCUT2D eigenvalue weighted by molar-refractivity contribution is -0.110. The lowest BCUT2D eigenvalue weighted by Gasteiger charge is -2.18. The van der Waals surface area contributed by atoms with Crippen LogP contribution in [0.25, 0.3) is 0 Å². The summed E-state index contributed by atoms with van der Waals surface area (Å²) in [6.45, 7) is 0. The van der Waals surface area contributed by atoms with E-state index in [1.54, 1.807) is 24.6 Å². The number of furan rings is 1. The zero-order valence-corrected chi connectivity index (χ0v) is 7.01. The topological polar surface area (TPSA) is 42.2 Å². The maximum absolute atomic E-state index is 10.8. The SMILES string of the molecule is O=CC1(c2ccco2)NC=CS1. The van der Waals surface area contributed by atoms with Gasteiger partial charge < -0.3 is 9.73 Å². The van der Waals surface area contributed by atoms with E-state index in [4.69, 9.17) is 4.42 Å². The molecule has 1 aliphatic rings. The highest BCUT2D eigenvalue weighted by Gasteiger charge is 2.36. The third-order valence-electron chi connectivity index (χ3n) is 1.67. The van der Waals surface area contributed by atoms with Crippen LogP contribution in [0.4, 0.5) is 0 Å². The van der Waals surface area contributed by atoms with Crippen LogP contribution >= 0.6 is 11.8 Å². The van der Waals surface area contributed by atoms with E-state index in [0.717, 1.165) is 6.29 Å². The molecule has 0 saturated carbocycles. The molecule has 0 spiro atoms. The third kappa shape index (κ3) is 0.956. The van der Waals surface area contributed by atoms with E-state index in [9.17, 15) is 4.79 Å². The van der Waals surface area contributed by atoms with E-state index in [2.05, 4.69) is 5.32 Å². The standard InChI is InChI=1S/C8H7NO2S/c10-6-8(9-3-5-12-8)7-2-1-4-11-7/h1-6,9H. The Morgan fingerprint density at radius 3 is 3.08 bits per heavy atom. The average Bonchev–Trinajstić information content (AvgIpc) is 2.76. The van der Waals surface area contributed by atoms with Crippen LogP contribution in [-0.4, -0.2) is 6.29 Å². The number of carbonyl (C=O) groups excluding carboxylic acids is 1. The van der Waals surface area contributed by atoms with Gasteiger partial charge in [-0.05, 0) is 17.5 Å². The molecule has 1 aliphatic heterocycles. The summed E-state index contributed by atoms with van der Waals surface area (Å²) in [5.41, 5.74) is 0. The summed E-state index contributed by atoms with van der Waals surface area (Å²) in [6, 6.07) is 3.54. The molecule has 1 N–H and O–H groups in total. The van der Waals surface area contributed by atoms with Gasteiger partial charge in [-0.15, -0.1) is 0 Å². The predicted molar refractivity (Wildman–Crippen MR) is 46.3 cm³/mol. The molecular formula is C8H7NO2S. The van der Waals surface area contributed by atoms with Crippen LogP contribution in [-0.2, 0) is 9.67 Å².